The molecule has 0 radical (unpaired) electrons. The van der Waals surface area contributed by atoms with Crippen LogP contribution in [-0.4, -0.2) is 71.5 Å². The van der Waals surface area contributed by atoms with E-state index in [0.29, 0.717) is 53.3 Å². The summed E-state index contributed by atoms with van der Waals surface area (Å²) in [5.74, 6) is 0.765. The Morgan fingerprint density at radius 3 is 2.83 bits per heavy atom. The number of ether oxygens (including phenoxy) is 2. The molecule has 1 N–H and O–H groups in total. The molecule has 4 aromatic rings. The number of fused-ring (bicyclic) bond motifs is 6. The van der Waals surface area contributed by atoms with Crippen LogP contribution in [0.5, 0.6) is 5.75 Å². The van der Waals surface area contributed by atoms with Gasteiger partial charge in [-0.15, -0.1) is 0 Å². The van der Waals surface area contributed by atoms with E-state index in [1.165, 1.54) is 6.07 Å². The van der Waals surface area contributed by atoms with E-state index < -0.39 is 0 Å². The highest BCUT2D eigenvalue weighted by molar-refractivity contribution is 5.91. The van der Waals surface area contributed by atoms with Gasteiger partial charge in [0.1, 0.15) is 28.3 Å². The van der Waals surface area contributed by atoms with E-state index in [9.17, 15) is 4.39 Å². The quantitative estimate of drug-likeness (QED) is 0.449. The van der Waals surface area contributed by atoms with E-state index in [1.54, 1.807) is 12.3 Å². The Kier molecular flexibility index (Phi) is 5.79. The summed E-state index contributed by atoms with van der Waals surface area (Å²) in [7, 11) is 2.15. The summed E-state index contributed by atoms with van der Waals surface area (Å²) in [6, 6.07) is 11.1. The molecule has 1 saturated heterocycles. The Bertz CT molecular complexity index is 1370. The molecule has 0 aliphatic carbocycles. The molecule has 0 atom stereocenters. The first-order valence-electron chi connectivity index (χ1n) is 11.9. The summed E-state index contributed by atoms with van der Waals surface area (Å²) in [5.41, 5.74) is 5.04. The first kappa shape index (κ1) is 21.9. The number of nitrogens with one attached hydrogen (secondary N) is 1. The van der Waals surface area contributed by atoms with Crippen LogP contribution in [-0.2, 0) is 11.3 Å². The maximum atomic E-state index is 14.9. The van der Waals surface area contributed by atoms with Crippen molar-refractivity contribution in [3.63, 3.8) is 0 Å². The van der Waals surface area contributed by atoms with Crippen molar-refractivity contribution in [3.8, 4) is 28.4 Å². The highest BCUT2D eigenvalue weighted by Crippen LogP contribution is 2.36. The van der Waals surface area contributed by atoms with E-state index >= 15 is 0 Å². The Hall–Kier alpha value is -3.56. The number of hydrogen-bond acceptors (Lipinski definition) is 7. The van der Waals surface area contributed by atoms with Gasteiger partial charge in [0.15, 0.2) is 5.82 Å². The highest BCUT2D eigenvalue weighted by Gasteiger charge is 2.21. The third kappa shape index (κ3) is 4.21. The van der Waals surface area contributed by atoms with E-state index in [1.807, 2.05) is 18.2 Å². The SMILES string of the molecule is CN1CCN(c2ccc3cc2OCCCOCc2cccc(F)c2-c2ncc4[nH]nc-3c4n2)CC1. The molecule has 0 saturated carbocycles. The summed E-state index contributed by atoms with van der Waals surface area (Å²) in [6.07, 6.45) is 2.37. The lowest BCUT2D eigenvalue weighted by atomic mass is 10.1. The number of anilines is 1. The minimum atomic E-state index is -0.373. The maximum Gasteiger partial charge on any atom is 0.163 e. The number of halogens is 1. The van der Waals surface area contributed by atoms with Crippen LogP contribution in [0.3, 0.4) is 0 Å². The maximum absolute atomic E-state index is 14.9. The van der Waals surface area contributed by atoms with Crippen molar-refractivity contribution >= 4 is 16.7 Å². The topological polar surface area (TPSA) is 79.4 Å². The van der Waals surface area contributed by atoms with E-state index in [0.717, 1.165) is 43.2 Å². The molecule has 9 heteroatoms. The molecule has 4 bridgehead atoms. The molecular formula is C26H27FN6O2. The van der Waals surface area contributed by atoms with Crippen molar-refractivity contribution in [1.29, 1.82) is 0 Å². The summed E-state index contributed by atoms with van der Waals surface area (Å²) < 4.78 is 27.1. The van der Waals surface area contributed by atoms with Crippen LogP contribution in [0, 0.1) is 5.82 Å². The smallest absolute Gasteiger partial charge is 0.163 e. The number of piperazine rings is 1. The Balaban J connectivity index is 1.47. The molecule has 8 nitrogen and oxygen atoms in total. The van der Waals surface area contributed by atoms with Gasteiger partial charge >= 0.3 is 0 Å². The average Bonchev–Trinajstić information content (AvgIpc) is 3.29. The van der Waals surface area contributed by atoms with Crippen LogP contribution in [0.2, 0.25) is 0 Å². The molecule has 2 aromatic carbocycles. The first-order chi connectivity index (χ1) is 17.2. The average molecular weight is 475 g/mol. The van der Waals surface area contributed by atoms with E-state index in [2.05, 4.69) is 38.1 Å². The number of aromatic nitrogens is 4. The number of nitrogens with zero attached hydrogens (tertiary/aromatic N) is 5. The monoisotopic (exact) mass is 474 g/mol. The predicted octanol–water partition coefficient (Wildman–Crippen LogP) is 3.88. The number of hydrogen-bond donors (Lipinski definition) is 1. The van der Waals surface area contributed by atoms with Crippen molar-refractivity contribution in [3.05, 3.63) is 54.0 Å². The van der Waals surface area contributed by atoms with Gasteiger partial charge in [-0.05, 0) is 30.8 Å². The molecule has 0 unspecified atom stereocenters. The zero-order valence-electron chi connectivity index (χ0n) is 19.6. The van der Waals surface area contributed by atoms with Gasteiger partial charge in [-0.2, -0.15) is 5.10 Å². The van der Waals surface area contributed by atoms with Crippen molar-refractivity contribution in [2.75, 3.05) is 51.3 Å². The Morgan fingerprint density at radius 1 is 1.06 bits per heavy atom. The van der Waals surface area contributed by atoms with E-state index in [4.69, 9.17) is 14.5 Å². The van der Waals surface area contributed by atoms with Crippen molar-refractivity contribution < 1.29 is 13.9 Å². The summed E-state index contributed by atoms with van der Waals surface area (Å²) in [5, 5.41) is 7.54. The lowest BCUT2D eigenvalue weighted by Crippen LogP contribution is -2.44. The predicted molar refractivity (Wildman–Crippen MR) is 132 cm³/mol. The van der Waals surface area contributed by atoms with Gasteiger partial charge in [-0.3, -0.25) is 5.10 Å². The number of benzene rings is 2. The minimum Gasteiger partial charge on any atom is -0.491 e. The van der Waals surface area contributed by atoms with Gasteiger partial charge in [-0.25, -0.2) is 14.4 Å². The molecule has 6 rings (SSSR count). The van der Waals surface area contributed by atoms with Crippen molar-refractivity contribution in [1.82, 2.24) is 25.1 Å². The second kappa shape index (κ2) is 9.24. The van der Waals surface area contributed by atoms with Crippen LogP contribution in [0.15, 0.2) is 42.6 Å². The zero-order valence-corrected chi connectivity index (χ0v) is 19.6. The second-order valence-electron chi connectivity index (χ2n) is 9.03. The first-order valence-corrected chi connectivity index (χ1v) is 11.9. The molecule has 0 amide bonds. The van der Waals surface area contributed by atoms with Gasteiger partial charge in [0.2, 0.25) is 0 Å². The fraction of sp³-hybridized carbons (Fsp3) is 0.346. The van der Waals surface area contributed by atoms with Crippen LogP contribution in [0.4, 0.5) is 10.1 Å². The standard InChI is InChI=1S/C26H27FN6O2/c1-32-8-10-33(11-9-32)21-7-6-17-14-22(21)35-13-3-12-34-16-18-4-2-5-19(27)23(18)26-28-15-20-25(29-26)24(17)31-30-20/h2,4-7,14-15H,3,8-13,16H2,1H3,(H,30,31). The van der Waals surface area contributed by atoms with Crippen LogP contribution in [0.25, 0.3) is 33.7 Å². The molecule has 4 heterocycles. The van der Waals surface area contributed by atoms with Gasteiger partial charge in [-0.1, -0.05) is 18.2 Å². The second-order valence-corrected chi connectivity index (χ2v) is 9.03. The van der Waals surface area contributed by atoms with Gasteiger partial charge in [0.25, 0.3) is 0 Å². The summed E-state index contributed by atoms with van der Waals surface area (Å²) in [4.78, 5) is 13.9. The fourth-order valence-electron chi connectivity index (χ4n) is 4.69. The number of rotatable bonds is 1. The van der Waals surface area contributed by atoms with Gasteiger partial charge in [0, 0.05) is 38.2 Å². The molecule has 35 heavy (non-hydrogen) atoms. The van der Waals surface area contributed by atoms with Gasteiger partial charge < -0.3 is 19.3 Å². The normalized spacial score (nSPS) is 17.0. The zero-order chi connectivity index (χ0) is 23.8. The van der Waals surface area contributed by atoms with Crippen LogP contribution < -0.4 is 9.64 Å². The fourth-order valence-corrected chi connectivity index (χ4v) is 4.69. The number of aromatic amines is 1. The number of H-pyrrole nitrogens is 1. The molecule has 2 aliphatic rings. The van der Waals surface area contributed by atoms with Crippen molar-refractivity contribution in [2.45, 2.75) is 13.0 Å². The van der Waals surface area contributed by atoms with Gasteiger partial charge in [0.05, 0.1) is 37.3 Å². The van der Waals surface area contributed by atoms with Crippen LogP contribution in [0.1, 0.15) is 12.0 Å². The molecule has 180 valence electrons. The largest absolute Gasteiger partial charge is 0.491 e. The summed E-state index contributed by atoms with van der Waals surface area (Å²) >= 11 is 0. The number of likely N-dealkylation sites (N-methyl/N-ethyl adjacent to an activating group) is 1. The molecule has 2 aliphatic heterocycles. The lowest BCUT2D eigenvalue weighted by Gasteiger charge is -2.35. The molecule has 1 fully saturated rings. The summed E-state index contributed by atoms with van der Waals surface area (Å²) in [6.45, 7) is 5.20. The third-order valence-electron chi connectivity index (χ3n) is 6.65. The minimum absolute atomic E-state index is 0.271. The molecule has 0 spiro atoms. The van der Waals surface area contributed by atoms with Crippen LogP contribution >= 0.6 is 0 Å². The lowest BCUT2D eigenvalue weighted by molar-refractivity contribution is 0.107. The van der Waals surface area contributed by atoms with E-state index in [-0.39, 0.29) is 12.4 Å². The Morgan fingerprint density at radius 2 is 1.94 bits per heavy atom. The third-order valence-corrected chi connectivity index (χ3v) is 6.65. The van der Waals surface area contributed by atoms with Crippen molar-refractivity contribution in [2.24, 2.45) is 0 Å². The Labute approximate surface area is 202 Å². The molecular weight excluding hydrogens is 447 g/mol. The molecule has 2 aromatic heterocycles. The highest BCUT2D eigenvalue weighted by atomic mass is 19.1.